The number of benzene rings is 2. The summed E-state index contributed by atoms with van der Waals surface area (Å²) in [6, 6.07) is 15.6. The first kappa shape index (κ1) is 16.2. The molecule has 1 aliphatic rings. The summed E-state index contributed by atoms with van der Waals surface area (Å²) in [6.45, 7) is 4.50. The molecule has 0 amide bonds. The Kier molecular flexibility index (Phi) is 5.11. The molecule has 0 saturated carbocycles. The molecule has 0 unspecified atom stereocenters. The van der Waals surface area contributed by atoms with Crippen molar-refractivity contribution in [2.24, 2.45) is 0 Å². The lowest BCUT2D eigenvalue weighted by Gasteiger charge is -2.31. The van der Waals surface area contributed by atoms with Crippen LogP contribution in [0.3, 0.4) is 0 Å². The average Bonchev–Trinajstić information content (AvgIpc) is 2.58. The second-order valence-electron chi connectivity index (χ2n) is 6.09. The molecule has 1 aliphatic heterocycles. The first-order chi connectivity index (χ1) is 11.1. The Balaban J connectivity index is 1.64. The van der Waals surface area contributed by atoms with Crippen molar-refractivity contribution in [2.45, 2.75) is 0 Å². The Bertz CT molecular complexity index is 659. The Hall–Kier alpha value is -1.68. The van der Waals surface area contributed by atoms with Crippen LogP contribution in [0, 0.1) is 0 Å². The third-order valence-corrected chi connectivity index (χ3v) is 4.60. The Morgan fingerprint density at radius 3 is 2.00 bits per heavy atom. The summed E-state index contributed by atoms with van der Waals surface area (Å²) in [5, 5.41) is 0.729. The molecule has 0 atom stereocenters. The van der Waals surface area contributed by atoms with Gasteiger partial charge in [0.2, 0.25) is 0 Å². The number of carbonyl (C=O) groups excluding carboxylic acids is 1. The van der Waals surface area contributed by atoms with E-state index < -0.39 is 0 Å². The van der Waals surface area contributed by atoms with Gasteiger partial charge in [0.25, 0.3) is 0 Å². The van der Waals surface area contributed by atoms with Gasteiger partial charge in [0.1, 0.15) is 0 Å². The summed E-state index contributed by atoms with van der Waals surface area (Å²) in [5.41, 5.74) is 2.98. The maximum Gasteiger partial charge on any atom is 0.176 e. The predicted octanol–water partition coefficient (Wildman–Crippen LogP) is 3.44. The Morgan fingerprint density at radius 2 is 1.43 bits per heavy atom. The van der Waals surface area contributed by atoms with Gasteiger partial charge in [0.05, 0.1) is 6.54 Å². The predicted molar refractivity (Wildman–Crippen MR) is 95.2 cm³/mol. The van der Waals surface area contributed by atoms with Gasteiger partial charge >= 0.3 is 0 Å². The second-order valence-corrected chi connectivity index (χ2v) is 6.52. The van der Waals surface area contributed by atoms with Gasteiger partial charge < -0.3 is 4.90 Å². The van der Waals surface area contributed by atoms with Crippen LogP contribution < -0.4 is 0 Å². The summed E-state index contributed by atoms with van der Waals surface area (Å²) in [6.07, 6.45) is 0. The van der Waals surface area contributed by atoms with E-state index in [0.717, 1.165) is 47.9 Å². The van der Waals surface area contributed by atoms with Gasteiger partial charge in [-0.05, 0) is 30.3 Å². The third-order valence-electron chi connectivity index (χ3n) is 4.35. The summed E-state index contributed by atoms with van der Waals surface area (Å²) in [5.74, 6) is 0.192. The number of rotatable bonds is 4. The van der Waals surface area contributed by atoms with Crippen LogP contribution in [0.1, 0.15) is 10.4 Å². The summed E-state index contributed by atoms with van der Waals surface area (Å²) in [7, 11) is 2.12. The molecule has 1 saturated heterocycles. The minimum absolute atomic E-state index is 0.192. The minimum atomic E-state index is 0.192. The molecule has 0 N–H and O–H groups in total. The van der Waals surface area contributed by atoms with Gasteiger partial charge in [-0.1, -0.05) is 48.0 Å². The molecule has 4 heteroatoms. The Labute approximate surface area is 142 Å². The summed E-state index contributed by atoms with van der Waals surface area (Å²) >= 11 is 5.92. The van der Waals surface area contributed by atoms with Crippen molar-refractivity contribution in [3.63, 3.8) is 0 Å². The van der Waals surface area contributed by atoms with Crippen molar-refractivity contribution in [3.8, 4) is 11.1 Å². The summed E-state index contributed by atoms with van der Waals surface area (Å²) in [4.78, 5) is 16.9. The topological polar surface area (TPSA) is 23.6 Å². The SMILES string of the molecule is CN1CCN(CC(=O)c2ccc(-c3ccc(Cl)cc3)cc2)CC1. The number of ketones is 1. The van der Waals surface area contributed by atoms with Gasteiger partial charge in [-0.15, -0.1) is 0 Å². The van der Waals surface area contributed by atoms with E-state index >= 15 is 0 Å². The highest BCUT2D eigenvalue weighted by molar-refractivity contribution is 6.30. The fourth-order valence-corrected chi connectivity index (χ4v) is 2.92. The van der Waals surface area contributed by atoms with Crippen LogP contribution in [-0.2, 0) is 0 Å². The molecule has 2 aromatic rings. The van der Waals surface area contributed by atoms with Crippen molar-refractivity contribution in [1.29, 1.82) is 0 Å². The van der Waals surface area contributed by atoms with Crippen molar-refractivity contribution >= 4 is 17.4 Å². The van der Waals surface area contributed by atoms with Crippen molar-refractivity contribution < 1.29 is 4.79 Å². The number of Topliss-reactive ketones (excluding diaryl/α,β-unsaturated/α-hetero) is 1. The van der Waals surface area contributed by atoms with Gasteiger partial charge in [-0.3, -0.25) is 9.69 Å². The van der Waals surface area contributed by atoms with E-state index in [9.17, 15) is 4.79 Å². The highest BCUT2D eigenvalue weighted by Crippen LogP contribution is 2.22. The molecule has 1 heterocycles. The zero-order valence-electron chi connectivity index (χ0n) is 13.3. The van der Waals surface area contributed by atoms with E-state index in [1.165, 1.54) is 0 Å². The normalized spacial score (nSPS) is 16.4. The molecule has 0 radical (unpaired) electrons. The molecule has 2 aromatic carbocycles. The maximum atomic E-state index is 12.4. The molecule has 0 spiro atoms. The van der Waals surface area contributed by atoms with Crippen LogP contribution >= 0.6 is 11.6 Å². The standard InChI is InChI=1S/C19H21ClN2O/c1-21-10-12-22(13-11-21)14-19(23)17-4-2-15(3-5-17)16-6-8-18(20)9-7-16/h2-9H,10-14H2,1H3. The highest BCUT2D eigenvalue weighted by atomic mass is 35.5. The molecular formula is C19H21ClN2O. The van der Waals surface area contributed by atoms with Gasteiger partial charge in [-0.2, -0.15) is 0 Å². The van der Waals surface area contributed by atoms with Crippen molar-refractivity contribution in [2.75, 3.05) is 39.8 Å². The van der Waals surface area contributed by atoms with Gasteiger partial charge in [-0.25, -0.2) is 0 Å². The fourth-order valence-electron chi connectivity index (χ4n) is 2.79. The Morgan fingerprint density at radius 1 is 0.913 bits per heavy atom. The molecule has 1 fully saturated rings. The van der Waals surface area contributed by atoms with Gasteiger partial charge in [0.15, 0.2) is 5.78 Å². The maximum absolute atomic E-state index is 12.4. The first-order valence-corrected chi connectivity index (χ1v) is 8.30. The van der Waals surface area contributed by atoms with E-state index in [2.05, 4.69) is 16.8 Å². The molecule has 3 nitrogen and oxygen atoms in total. The van der Waals surface area contributed by atoms with E-state index in [1.807, 2.05) is 48.5 Å². The highest BCUT2D eigenvalue weighted by Gasteiger charge is 2.17. The van der Waals surface area contributed by atoms with E-state index in [4.69, 9.17) is 11.6 Å². The zero-order valence-corrected chi connectivity index (χ0v) is 14.1. The van der Waals surface area contributed by atoms with Crippen LogP contribution in [0.5, 0.6) is 0 Å². The van der Waals surface area contributed by atoms with E-state index in [0.29, 0.717) is 6.54 Å². The van der Waals surface area contributed by atoms with Crippen LogP contribution in [0.15, 0.2) is 48.5 Å². The molecule has 120 valence electrons. The smallest absolute Gasteiger partial charge is 0.176 e. The van der Waals surface area contributed by atoms with E-state index in [1.54, 1.807) is 0 Å². The largest absolute Gasteiger partial charge is 0.304 e. The zero-order chi connectivity index (χ0) is 16.2. The van der Waals surface area contributed by atoms with Crippen LogP contribution in [-0.4, -0.2) is 55.4 Å². The number of nitrogens with zero attached hydrogens (tertiary/aromatic N) is 2. The first-order valence-electron chi connectivity index (χ1n) is 7.92. The van der Waals surface area contributed by atoms with Crippen LogP contribution in [0.4, 0.5) is 0 Å². The molecule has 0 aromatic heterocycles. The molecule has 0 bridgehead atoms. The lowest BCUT2D eigenvalue weighted by Crippen LogP contribution is -2.46. The number of carbonyl (C=O) groups is 1. The second kappa shape index (κ2) is 7.26. The lowest BCUT2D eigenvalue weighted by atomic mass is 10.0. The summed E-state index contributed by atoms with van der Waals surface area (Å²) < 4.78 is 0. The monoisotopic (exact) mass is 328 g/mol. The average molecular weight is 329 g/mol. The van der Waals surface area contributed by atoms with Crippen LogP contribution in [0.2, 0.25) is 5.02 Å². The van der Waals surface area contributed by atoms with Crippen LogP contribution in [0.25, 0.3) is 11.1 Å². The number of hydrogen-bond acceptors (Lipinski definition) is 3. The molecule has 3 rings (SSSR count). The third kappa shape index (κ3) is 4.20. The fraction of sp³-hybridized carbons (Fsp3) is 0.316. The number of piperazine rings is 1. The van der Waals surface area contributed by atoms with Crippen molar-refractivity contribution in [3.05, 3.63) is 59.1 Å². The quantitative estimate of drug-likeness (QED) is 0.803. The van der Waals surface area contributed by atoms with Gasteiger partial charge in [0, 0.05) is 36.8 Å². The molecule has 23 heavy (non-hydrogen) atoms. The molecule has 0 aliphatic carbocycles. The minimum Gasteiger partial charge on any atom is -0.304 e. The number of hydrogen-bond donors (Lipinski definition) is 0. The van der Waals surface area contributed by atoms with E-state index in [-0.39, 0.29) is 5.78 Å². The number of likely N-dealkylation sites (N-methyl/N-ethyl adjacent to an activating group) is 1. The van der Waals surface area contributed by atoms with Crippen molar-refractivity contribution in [1.82, 2.24) is 9.80 Å². The lowest BCUT2D eigenvalue weighted by molar-refractivity contribution is 0.0876. The molecular weight excluding hydrogens is 308 g/mol. The number of halogens is 1.